The lowest BCUT2D eigenvalue weighted by molar-refractivity contribution is -0.121. The Bertz CT molecular complexity index is 366. The van der Waals surface area contributed by atoms with Gasteiger partial charge in [-0.3, -0.25) is 9.78 Å². The molecule has 1 heterocycles. The van der Waals surface area contributed by atoms with Crippen molar-refractivity contribution in [3.8, 4) is 0 Å². The first-order chi connectivity index (χ1) is 8.13. The van der Waals surface area contributed by atoms with E-state index in [0.717, 1.165) is 17.7 Å². The molecule has 1 rings (SSSR count). The SMILES string of the molecule is Cc1cccnc1CC(=O)NC(C)CCCO. The summed E-state index contributed by atoms with van der Waals surface area (Å²) >= 11 is 0. The number of aryl methyl sites for hydroxylation is 1. The van der Waals surface area contributed by atoms with E-state index in [1.54, 1.807) is 6.20 Å². The first-order valence-electron chi connectivity index (χ1n) is 5.94. The Hall–Kier alpha value is -1.42. The van der Waals surface area contributed by atoms with Gasteiger partial charge in [0.25, 0.3) is 0 Å². The van der Waals surface area contributed by atoms with Gasteiger partial charge < -0.3 is 10.4 Å². The first kappa shape index (κ1) is 13.6. The summed E-state index contributed by atoms with van der Waals surface area (Å²) in [6.07, 6.45) is 3.52. The summed E-state index contributed by atoms with van der Waals surface area (Å²) in [5.74, 6) is -0.0164. The zero-order valence-corrected chi connectivity index (χ0v) is 10.4. The Morgan fingerprint density at radius 3 is 3.00 bits per heavy atom. The molecule has 0 aliphatic heterocycles. The highest BCUT2D eigenvalue weighted by molar-refractivity contribution is 5.78. The van der Waals surface area contributed by atoms with Crippen LogP contribution in [0.1, 0.15) is 31.0 Å². The third-order valence-corrected chi connectivity index (χ3v) is 2.65. The van der Waals surface area contributed by atoms with Gasteiger partial charge in [0.2, 0.25) is 5.91 Å². The molecule has 1 unspecified atom stereocenters. The van der Waals surface area contributed by atoms with E-state index in [1.165, 1.54) is 0 Å². The van der Waals surface area contributed by atoms with Crippen molar-refractivity contribution >= 4 is 5.91 Å². The molecule has 0 aromatic carbocycles. The van der Waals surface area contributed by atoms with Gasteiger partial charge in [-0.05, 0) is 38.3 Å². The largest absolute Gasteiger partial charge is 0.396 e. The van der Waals surface area contributed by atoms with Crippen LogP contribution < -0.4 is 5.32 Å². The number of nitrogens with zero attached hydrogens (tertiary/aromatic N) is 1. The number of aliphatic hydroxyl groups is 1. The van der Waals surface area contributed by atoms with Gasteiger partial charge in [-0.15, -0.1) is 0 Å². The van der Waals surface area contributed by atoms with Crippen LogP contribution in [0.3, 0.4) is 0 Å². The van der Waals surface area contributed by atoms with Gasteiger partial charge in [0, 0.05) is 18.8 Å². The van der Waals surface area contributed by atoms with Crippen molar-refractivity contribution in [3.05, 3.63) is 29.6 Å². The molecule has 0 radical (unpaired) electrons. The lowest BCUT2D eigenvalue weighted by Gasteiger charge is -2.13. The number of carbonyl (C=O) groups is 1. The average Bonchev–Trinajstić information content (AvgIpc) is 2.29. The van der Waals surface area contributed by atoms with Crippen molar-refractivity contribution in [2.24, 2.45) is 0 Å². The van der Waals surface area contributed by atoms with E-state index < -0.39 is 0 Å². The molecule has 17 heavy (non-hydrogen) atoms. The van der Waals surface area contributed by atoms with Crippen LogP contribution in [0.25, 0.3) is 0 Å². The molecule has 4 nitrogen and oxygen atoms in total. The van der Waals surface area contributed by atoms with E-state index in [1.807, 2.05) is 26.0 Å². The van der Waals surface area contributed by atoms with Gasteiger partial charge in [-0.2, -0.15) is 0 Å². The summed E-state index contributed by atoms with van der Waals surface area (Å²) in [5.41, 5.74) is 1.85. The number of rotatable bonds is 6. The normalized spacial score (nSPS) is 12.2. The van der Waals surface area contributed by atoms with E-state index >= 15 is 0 Å². The molecule has 0 aliphatic rings. The fraction of sp³-hybridized carbons (Fsp3) is 0.538. The minimum absolute atomic E-state index is 0.0164. The fourth-order valence-electron chi connectivity index (χ4n) is 1.65. The van der Waals surface area contributed by atoms with Crippen molar-refractivity contribution in [3.63, 3.8) is 0 Å². The minimum atomic E-state index is -0.0164. The molecule has 0 spiro atoms. The molecule has 0 saturated heterocycles. The second-order valence-corrected chi connectivity index (χ2v) is 4.28. The highest BCUT2D eigenvalue weighted by Gasteiger charge is 2.09. The van der Waals surface area contributed by atoms with E-state index in [-0.39, 0.29) is 18.6 Å². The van der Waals surface area contributed by atoms with Gasteiger partial charge >= 0.3 is 0 Å². The third-order valence-electron chi connectivity index (χ3n) is 2.65. The van der Waals surface area contributed by atoms with Gasteiger partial charge in [-0.1, -0.05) is 6.07 Å². The van der Waals surface area contributed by atoms with Crippen LogP contribution in [-0.4, -0.2) is 28.6 Å². The van der Waals surface area contributed by atoms with Crippen molar-refractivity contribution in [1.29, 1.82) is 0 Å². The summed E-state index contributed by atoms with van der Waals surface area (Å²) in [6.45, 7) is 4.06. The molecule has 4 heteroatoms. The quantitative estimate of drug-likeness (QED) is 0.780. The molecule has 0 bridgehead atoms. The standard InChI is InChI=1S/C13H20N2O2/c1-10-5-3-7-14-12(10)9-13(17)15-11(2)6-4-8-16/h3,5,7,11,16H,4,6,8-9H2,1-2H3,(H,15,17). The Balaban J connectivity index is 2.42. The van der Waals surface area contributed by atoms with E-state index in [2.05, 4.69) is 10.3 Å². The number of hydrogen-bond donors (Lipinski definition) is 2. The predicted molar refractivity (Wildman–Crippen MR) is 66.6 cm³/mol. The summed E-state index contributed by atoms with van der Waals surface area (Å²) in [6, 6.07) is 3.91. The highest BCUT2D eigenvalue weighted by Crippen LogP contribution is 2.04. The van der Waals surface area contributed by atoms with Crippen LogP contribution in [0.2, 0.25) is 0 Å². The second-order valence-electron chi connectivity index (χ2n) is 4.28. The summed E-state index contributed by atoms with van der Waals surface area (Å²) < 4.78 is 0. The zero-order valence-electron chi connectivity index (χ0n) is 10.4. The number of nitrogens with one attached hydrogen (secondary N) is 1. The van der Waals surface area contributed by atoms with E-state index in [4.69, 9.17) is 5.11 Å². The van der Waals surface area contributed by atoms with Crippen LogP contribution in [0.4, 0.5) is 0 Å². The van der Waals surface area contributed by atoms with Crippen molar-refractivity contribution in [1.82, 2.24) is 10.3 Å². The molecule has 1 atom stereocenters. The minimum Gasteiger partial charge on any atom is -0.396 e. The zero-order chi connectivity index (χ0) is 12.7. The maximum atomic E-state index is 11.7. The molecular weight excluding hydrogens is 216 g/mol. The lowest BCUT2D eigenvalue weighted by Crippen LogP contribution is -2.34. The van der Waals surface area contributed by atoms with Gasteiger partial charge in [0.05, 0.1) is 12.1 Å². The molecule has 94 valence electrons. The second kappa shape index (κ2) is 7.01. The van der Waals surface area contributed by atoms with Crippen LogP contribution in [-0.2, 0) is 11.2 Å². The molecule has 2 N–H and O–H groups in total. The third kappa shape index (κ3) is 4.95. The van der Waals surface area contributed by atoms with Crippen LogP contribution in [0.15, 0.2) is 18.3 Å². The Morgan fingerprint density at radius 2 is 2.35 bits per heavy atom. The summed E-state index contributed by atoms with van der Waals surface area (Å²) in [4.78, 5) is 15.9. The molecule has 0 aliphatic carbocycles. The predicted octanol–water partition coefficient (Wildman–Crippen LogP) is 1.21. The monoisotopic (exact) mass is 236 g/mol. The number of pyridine rings is 1. The topological polar surface area (TPSA) is 62.2 Å². The number of carbonyl (C=O) groups excluding carboxylic acids is 1. The van der Waals surface area contributed by atoms with Gasteiger partial charge in [-0.25, -0.2) is 0 Å². The molecule has 0 fully saturated rings. The average molecular weight is 236 g/mol. The smallest absolute Gasteiger partial charge is 0.226 e. The number of amides is 1. The van der Waals surface area contributed by atoms with Crippen molar-refractivity contribution in [2.45, 2.75) is 39.2 Å². The molecule has 0 saturated carbocycles. The number of hydrogen-bond acceptors (Lipinski definition) is 3. The fourth-order valence-corrected chi connectivity index (χ4v) is 1.65. The molecular formula is C13H20N2O2. The van der Waals surface area contributed by atoms with E-state index in [9.17, 15) is 4.79 Å². The number of aromatic nitrogens is 1. The van der Waals surface area contributed by atoms with Gasteiger partial charge in [0.15, 0.2) is 0 Å². The molecule has 1 aromatic rings. The van der Waals surface area contributed by atoms with Gasteiger partial charge in [0.1, 0.15) is 0 Å². The van der Waals surface area contributed by atoms with E-state index in [0.29, 0.717) is 12.8 Å². The van der Waals surface area contributed by atoms with Crippen LogP contribution in [0, 0.1) is 6.92 Å². The highest BCUT2D eigenvalue weighted by atomic mass is 16.2. The van der Waals surface area contributed by atoms with Crippen LogP contribution in [0.5, 0.6) is 0 Å². The number of aliphatic hydroxyl groups excluding tert-OH is 1. The molecule has 1 aromatic heterocycles. The first-order valence-corrected chi connectivity index (χ1v) is 5.94. The Kier molecular flexibility index (Phi) is 5.63. The summed E-state index contributed by atoms with van der Waals surface area (Å²) in [5, 5.41) is 11.6. The van der Waals surface area contributed by atoms with Crippen molar-refractivity contribution in [2.75, 3.05) is 6.61 Å². The lowest BCUT2D eigenvalue weighted by atomic mass is 10.1. The Morgan fingerprint density at radius 1 is 1.59 bits per heavy atom. The maximum Gasteiger partial charge on any atom is 0.226 e. The molecule has 1 amide bonds. The Labute approximate surface area is 102 Å². The van der Waals surface area contributed by atoms with Crippen molar-refractivity contribution < 1.29 is 9.90 Å². The maximum absolute atomic E-state index is 11.7. The summed E-state index contributed by atoms with van der Waals surface area (Å²) in [7, 11) is 0. The van der Waals surface area contributed by atoms with Crippen LogP contribution >= 0.6 is 0 Å².